The summed E-state index contributed by atoms with van der Waals surface area (Å²) in [5.41, 5.74) is 4.18. The first kappa shape index (κ1) is 24.1. The standard InChI is InChI=1S/C30H40N4O/c1-22(2)16-17-33(21-29-32-27-12-5-6-13-28(27)34(29)20-23-14-15-23)30(35)25-9-7-8-24(18-25)19-31-26-10-3-4-11-26/h5-9,12-13,18,22-23,26,31H,3-4,10-11,14-17,19-21H2,1-2H3. The van der Waals surface area contributed by atoms with E-state index in [0.717, 1.165) is 48.9 Å². The molecule has 2 fully saturated rings. The van der Waals surface area contributed by atoms with Gasteiger partial charge in [0.1, 0.15) is 5.82 Å². The molecule has 1 amide bonds. The quantitative estimate of drug-likeness (QED) is 0.363. The number of carbonyl (C=O) groups excluding carboxylic acids is 1. The van der Waals surface area contributed by atoms with E-state index in [9.17, 15) is 4.79 Å². The van der Waals surface area contributed by atoms with Crippen LogP contribution >= 0.6 is 0 Å². The fourth-order valence-electron chi connectivity index (χ4n) is 5.23. The average molecular weight is 473 g/mol. The highest BCUT2D eigenvalue weighted by atomic mass is 16.2. The van der Waals surface area contributed by atoms with Crippen molar-refractivity contribution >= 4 is 16.9 Å². The summed E-state index contributed by atoms with van der Waals surface area (Å²) in [4.78, 5) is 20.8. The molecule has 2 aliphatic rings. The average Bonchev–Trinajstić information content (AvgIpc) is 3.40. The van der Waals surface area contributed by atoms with E-state index in [2.05, 4.69) is 54.1 Å². The van der Waals surface area contributed by atoms with Gasteiger partial charge in [-0.3, -0.25) is 4.79 Å². The summed E-state index contributed by atoms with van der Waals surface area (Å²) < 4.78 is 2.37. The molecule has 0 unspecified atom stereocenters. The van der Waals surface area contributed by atoms with Crippen molar-refractivity contribution in [3.05, 3.63) is 65.5 Å². The second-order valence-electron chi connectivity index (χ2n) is 11.0. The van der Waals surface area contributed by atoms with Gasteiger partial charge in [0, 0.05) is 31.2 Å². The first-order chi connectivity index (χ1) is 17.1. The SMILES string of the molecule is CC(C)CCN(Cc1nc2ccccc2n1CC1CC1)C(=O)c1cccc(CNC2CCCC2)c1. The molecule has 2 aromatic carbocycles. The summed E-state index contributed by atoms with van der Waals surface area (Å²) in [6.45, 7) is 7.57. The largest absolute Gasteiger partial charge is 0.331 e. The smallest absolute Gasteiger partial charge is 0.254 e. The van der Waals surface area contributed by atoms with Gasteiger partial charge in [0.15, 0.2) is 0 Å². The Bertz CT molecular complexity index is 1140. The van der Waals surface area contributed by atoms with Crippen LogP contribution in [0.15, 0.2) is 48.5 Å². The third kappa shape index (κ3) is 6.13. The molecule has 1 N–H and O–H groups in total. The fraction of sp³-hybridized carbons (Fsp3) is 0.533. The first-order valence-electron chi connectivity index (χ1n) is 13.6. The van der Waals surface area contributed by atoms with Crippen molar-refractivity contribution < 1.29 is 4.79 Å². The van der Waals surface area contributed by atoms with Crippen LogP contribution in [0.3, 0.4) is 0 Å². The molecule has 0 spiro atoms. The summed E-state index contributed by atoms with van der Waals surface area (Å²) in [5.74, 6) is 2.40. The van der Waals surface area contributed by atoms with Crippen molar-refractivity contribution in [3.63, 3.8) is 0 Å². The van der Waals surface area contributed by atoms with Gasteiger partial charge >= 0.3 is 0 Å². The zero-order valence-corrected chi connectivity index (χ0v) is 21.4. The minimum absolute atomic E-state index is 0.110. The lowest BCUT2D eigenvalue weighted by Crippen LogP contribution is -2.33. The Morgan fingerprint density at radius 2 is 1.89 bits per heavy atom. The van der Waals surface area contributed by atoms with E-state index in [0.29, 0.717) is 18.5 Å². The molecule has 5 rings (SSSR count). The molecule has 3 aromatic rings. The Kier molecular flexibility index (Phi) is 7.52. The van der Waals surface area contributed by atoms with Crippen LogP contribution in [0.2, 0.25) is 0 Å². The number of aromatic nitrogens is 2. The van der Waals surface area contributed by atoms with Crippen LogP contribution < -0.4 is 5.32 Å². The highest BCUT2D eigenvalue weighted by Gasteiger charge is 2.26. The molecule has 1 heterocycles. The third-order valence-electron chi connectivity index (χ3n) is 7.59. The maximum atomic E-state index is 13.8. The van der Waals surface area contributed by atoms with Crippen LogP contribution in [0, 0.1) is 11.8 Å². The van der Waals surface area contributed by atoms with Crippen LogP contribution in [0.25, 0.3) is 11.0 Å². The lowest BCUT2D eigenvalue weighted by molar-refractivity contribution is 0.0729. The topological polar surface area (TPSA) is 50.2 Å². The number of amides is 1. The van der Waals surface area contributed by atoms with Crippen LogP contribution in [-0.2, 0) is 19.6 Å². The van der Waals surface area contributed by atoms with Crippen LogP contribution in [0.4, 0.5) is 0 Å². The number of hydrogen-bond acceptors (Lipinski definition) is 3. The third-order valence-corrected chi connectivity index (χ3v) is 7.59. The molecule has 5 heteroatoms. The summed E-state index contributed by atoms with van der Waals surface area (Å²) >= 11 is 0. The summed E-state index contributed by atoms with van der Waals surface area (Å²) in [6.07, 6.45) is 8.76. The lowest BCUT2D eigenvalue weighted by Gasteiger charge is -2.24. The predicted molar refractivity (Wildman–Crippen MR) is 142 cm³/mol. The Morgan fingerprint density at radius 3 is 2.66 bits per heavy atom. The summed E-state index contributed by atoms with van der Waals surface area (Å²) in [7, 11) is 0. The number of hydrogen-bond donors (Lipinski definition) is 1. The van der Waals surface area contributed by atoms with E-state index in [1.165, 1.54) is 49.6 Å². The maximum Gasteiger partial charge on any atom is 0.254 e. The number of carbonyl (C=O) groups is 1. The molecule has 35 heavy (non-hydrogen) atoms. The molecule has 0 atom stereocenters. The Hall–Kier alpha value is -2.66. The number of imidazole rings is 1. The van der Waals surface area contributed by atoms with Crippen molar-refractivity contribution in [2.24, 2.45) is 11.8 Å². The van der Waals surface area contributed by atoms with Gasteiger partial charge in [-0.05, 0) is 73.8 Å². The number of benzene rings is 2. The van der Waals surface area contributed by atoms with Gasteiger partial charge in [0.05, 0.1) is 17.6 Å². The van der Waals surface area contributed by atoms with Crippen LogP contribution in [-0.4, -0.2) is 32.9 Å². The molecule has 0 radical (unpaired) electrons. The molecule has 1 aromatic heterocycles. The van der Waals surface area contributed by atoms with Gasteiger partial charge in [0.2, 0.25) is 0 Å². The van der Waals surface area contributed by atoms with E-state index < -0.39 is 0 Å². The monoisotopic (exact) mass is 472 g/mol. The van der Waals surface area contributed by atoms with Gasteiger partial charge in [-0.1, -0.05) is 51.0 Å². The Labute approximate surface area is 209 Å². The van der Waals surface area contributed by atoms with Gasteiger partial charge in [-0.25, -0.2) is 4.98 Å². The van der Waals surface area contributed by atoms with E-state index in [-0.39, 0.29) is 5.91 Å². The van der Waals surface area contributed by atoms with E-state index in [1.54, 1.807) is 0 Å². The van der Waals surface area contributed by atoms with Gasteiger partial charge in [-0.2, -0.15) is 0 Å². The van der Waals surface area contributed by atoms with Crippen molar-refractivity contribution in [3.8, 4) is 0 Å². The van der Waals surface area contributed by atoms with Gasteiger partial charge in [-0.15, -0.1) is 0 Å². The Morgan fingerprint density at radius 1 is 1.09 bits per heavy atom. The molecule has 186 valence electrons. The van der Waals surface area contributed by atoms with Crippen molar-refractivity contribution in [2.45, 2.75) is 84.5 Å². The molecular weight excluding hydrogens is 432 g/mol. The zero-order valence-electron chi connectivity index (χ0n) is 21.4. The van der Waals surface area contributed by atoms with Crippen molar-refractivity contribution in [1.29, 1.82) is 0 Å². The van der Waals surface area contributed by atoms with Gasteiger partial charge in [0.25, 0.3) is 5.91 Å². The normalized spacial score (nSPS) is 16.4. The van der Waals surface area contributed by atoms with E-state index in [1.807, 2.05) is 23.1 Å². The highest BCUT2D eigenvalue weighted by Crippen LogP contribution is 2.33. The maximum absolute atomic E-state index is 13.8. The molecule has 0 saturated heterocycles. The molecular formula is C30H40N4O. The molecule has 0 bridgehead atoms. The van der Waals surface area contributed by atoms with Crippen LogP contribution in [0.5, 0.6) is 0 Å². The van der Waals surface area contributed by atoms with Crippen molar-refractivity contribution in [1.82, 2.24) is 19.8 Å². The second-order valence-corrected chi connectivity index (χ2v) is 11.0. The summed E-state index contributed by atoms with van der Waals surface area (Å²) in [5, 5.41) is 3.68. The zero-order chi connectivity index (χ0) is 24.2. The lowest BCUT2D eigenvalue weighted by atomic mass is 10.1. The minimum Gasteiger partial charge on any atom is -0.331 e. The van der Waals surface area contributed by atoms with Crippen molar-refractivity contribution in [2.75, 3.05) is 6.54 Å². The second kappa shape index (κ2) is 10.9. The summed E-state index contributed by atoms with van der Waals surface area (Å²) in [6, 6.07) is 17.2. The number of rotatable bonds is 11. The van der Waals surface area contributed by atoms with E-state index >= 15 is 0 Å². The van der Waals surface area contributed by atoms with E-state index in [4.69, 9.17) is 4.98 Å². The fourth-order valence-corrected chi connectivity index (χ4v) is 5.23. The molecule has 0 aliphatic heterocycles. The van der Waals surface area contributed by atoms with Crippen LogP contribution in [0.1, 0.15) is 80.5 Å². The molecule has 2 saturated carbocycles. The first-order valence-corrected chi connectivity index (χ1v) is 13.6. The molecule has 5 nitrogen and oxygen atoms in total. The minimum atomic E-state index is 0.110. The Balaban J connectivity index is 1.36. The predicted octanol–water partition coefficient (Wildman–Crippen LogP) is 6.17. The number of fused-ring (bicyclic) bond motifs is 1. The number of nitrogens with one attached hydrogen (secondary N) is 1. The number of para-hydroxylation sites is 2. The molecule has 2 aliphatic carbocycles. The number of nitrogens with zero attached hydrogens (tertiary/aromatic N) is 3. The van der Waals surface area contributed by atoms with Gasteiger partial charge < -0.3 is 14.8 Å². The highest BCUT2D eigenvalue weighted by molar-refractivity contribution is 5.94.